The van der Waals surface area contributed by atoms with Gasteiger partial charge in [0.2, 0.25) is 5.91 Å². The van der Waals surface area contributed by atoms with Crippen LogP contribution in [-0.4, -0.2) is 22.9 Å². The lowest BCUT2D eigenvalue weighted by Crippen LogP contribution is -2.31. The van der Waals surface area contributed by atoms with Gasteiger partial charge in [-0.1, -0.05) is 41.1 Å². The second kappa shape index (κ2) is 9.00. The molecule has 0 radical (unpaired) electrons. The van der Waals surface area contributed by atoms with Crippen molar-refractivity contribution in [1.29, 1.82) is 0 Å². The molecule has 0 saturated carbocycles. The standard InChI is InChI=1S/C21H19BrFN3O3/c1-2-9-24-21(29)15-11-20(28)26(18-6-4-3-5-14(15)18)12-19(27)25-17-8-7-13(22)10-16(17)23/h3-8,10-11H,2,9,12H2,1H3,(H,24,29)(H,25,27). The maximum absolute atomic E-state index is 14.0. The van der Waals surface area contributed by atoms with Gasteiger partial charge in [-0.3, -0.25) is 19.0 Å². The summed E-state index contributed by atoms with van der Waals surface area (Å²) in [7, 11) is 0. The smallest absolute Gasteiger partial charge is 0.252 e. The van der Waals surface area contributed by atoms with Gasteiger partial charge < -0.3 is 10.6 Å². The molecule has 0 bridgehead atoms. The maximum atomic E-state index is 14.0. The molecule has 2 N–H and O–H groups in total. The summed E-state index contributed by atoms with van der Waals surface area (Å²) in [6.07, 6.45) is 0.771. The largest absolute Gasteiger partial charge is 0.352 e. The predicted molar refractivity (Wildman–Crippen MR) is 114 cm³/mol. The van der Waals surface area contributed by atoms with Crippen LogP contribution in [0.4, 0.5) is 10.1 Å². The Bertz CT molecular complexity index is 1140. The van der Waals surface area contributed by atoms with Crippen LogP contribution in [-0.2, 0) is 11.3 Å². The Morgan fingerprint density at radius 2 is 1.90 bits per heavy atom. The number of para-hydroxylation sites is 1. The molecule has 3 rings (SSSR count). The predicted octanol–water partition coefficient (Wildman–Crippen LogP) is 3.68. The minimum atomic E-state index is -0.590. The minimum absolute atomic E-state index is 0.0196. The molecule has 0 unspecified atom stereocenters. The monoisotopic (exact) mass is 459 g/mol. The molecule has 29 heavy (non-hydrogen) atoms. The molecule has 0 atom stereocenters. The molecule has 3 aromatic rings. The molecule has 1 aromatic heterocycles. The Labute approximate surface area is 174 Å². The van der Waals surface area contributed by atoms with Gasteiger partial charge in [0.25, 0.3) is 11.5 Å². The second-order valence-corrected chi connectivity index (χ2v) is 7.34. The Hall–Kier alpha value is -3.00. The third kappa shape index (κ3) is 4.71. The third-order valence-electron chi connectivity index (χ3n) is 4.31. The molecule has 1 heterocycles. The van der Waals surface area contributed by atoms with Crippen LogP contribution < -0.4 is 16.2 Å². The highest BCUT2D eigenvalue weighted by atomic mass is 79.9. The van der Waals surface area contributed by atoms with Crippen LogP contribution in [0, 0.1) is 5.82 Å². The number of carbonyl (C=O) groups is 2. The van der Waals surface area contributed by atoms with E-state index < -0.39 is 17.3 Å². The molecular formula is C21H19BrFN3O3. The Kier molecular flexibility index (Phi) is 6.43. The molecule has 0 aliphatic rings. The number of hydrogen-bond acceptors (Lipinski definition) is 3. The summed E-state index contributed by atoms with van der Waals surface area (Å²) >= 11 is 3.16. The molecule has 2 aromatic carbocycles. The van der Waals surface area contributed by atoms with Crippen LogP contribution in [0.5, 0.6) is 0 Å². The van der Waals surface area contributed by atoms with Gasteiger partial charge in [0, 0.05) is 22.5 Å². The number of nitrogens with zero attached hydrogens (tertiary/aromatic N) is 1. The van der Waals surface area contributed by atoms with E-state index in [1.54, 1.807) is 30.3 Å². The first-order valence-electron chi connectivity index (χ1n) is 9.06. The number of amides is 2. The van der Waals surface area contributed by atoms with Crippen molar-refractivity contribution in [2.45, 2.75) is 19.9 Å². The first kappa shape index (κ1) is 20.7. The first-order valence-corrected chi connectivity index (χ1v) is 9.85. The zero-order valence-electron chi connectivity index (χ0n) is 15.7. The zero-order valence-corrected chi connectivity index (χ0v) is 17.3. The summed E-state index contributed by atoms with van der Waals surface area (Å²) in [5, 5.41) is 5.79. The molecular weight excluding hydrogens is 441 g/mol. The highest BCUT2D eigenvalue weighted by Gasteiger charge is 2.16. The zero-order chi connectivity index (χ0) is 21.0. The molecule has 0 fully saturated rings. The van der Waals surface area contributed by atoms with Crippen molar-refractivity contribution in [1.82, 2.24) is 9.88 Å². The molecule has 0 aliphatic carbocycles. The second-order valence-electron chi connectivity index (χ2n) is 6.43. The summed E-state index contributed by atoms with van der Waals surface area (Å²) in [5.74, 6) is -1.48. The number of hydrogen-bond donors (Lipinski definition) is 2. The third-order valence-corrected chi connectivity index (χ3v) is 4.80. The highest BCUT2D eigenvalue weighted by molar-refractivity contribution is 9.10. The quantitative estimate of drug-likeness (QED) is 0.589. The molecule has 8 heteroatoms. The van der Waals surface area contributed by atoms with Crippen molar-refractivity contribution < 1.29 is 14.0 Å². The number of aromatic nitrogens is 1. The van der Waals surface area contributed by atoms with Crippen molar-refractivity contribution in [3.05, 3.63) is 74.7 Å². The highest BCUT2D eigenvalue weighted by Crippen LogP contribution is 2.20. The minimum Gasteiger partial charge on any atom is -0.352 e. The lowest BCUT2D eigenvalue weighted by molar-refractivity contribution is -0.116. The van der Waals surface area contributed by atoms with Crippen molar-refractivity contribution in [3.8, 4) is 0 Å². The number of benzene rings is 2. The van der Waals surface area contributed by atoms with Crippen molar-refractivity contribution in [3.63, 3.8) is 0 Å². The Morgan fingerprint density at radius 1 is 1.14 bits per heavy atom. The van der Waals surface area contributed by atoms with E-state index in [-0.39, 0.29) is 23.7 Å². The van der Waals surface area contributed by atoms with E-state index in [0.717, 1.165) is 6.42 Å². The molecule has 6 nitrogen and oxygen atoms in total. The van der Waals surface area contributed by atoms with E-state index in [0.29, 0.717) is 21.9 Å². The van der Waals surface area contributed by atoms with Crippen LogP contribution in [0.1, 0.15) is 23.7 Å². The lowest BCUT2D eigenvalue weighted by atomic mass is 10.1. The molecule has 0 aliphatic heterocycles. The number of halogens is 2. The van der Waals surface area contributed by atoms with Crippen molar-refractivity contribution in [2.24, 2.45) is 0 Å². The number of carbonyl (C=O) groups excluding carboxylic acids is 2. The van der Waals surface area contributed by atoms with Crippen LogP contribution >= 0.6 is 15.9 Å². The van der Waals surface area contributed by atoms with E-state index >= 15 is 0 Å². The SMILES string of the molecule is CCCNC(=O)c1cc(=O)n(CC(=O)Nc2ccc(Br)cc2F)c2ccccc12. The Balaban J connectivity index is 1.93. The summed E-state index contributed by atoms with van der Waals surface area (Å²) in [4.78, 5) is 37.5. The lowest BCUT2D eigenvalue weighted by Gasteiger charge is -2.14. The van der Waals surface area contributed by atoms with Crippen molar-refractivity contribution >= 4 is 44.3 Å². The van der Waals surface area contributed by atoms with Gasteiger partial charge in [-0.2, -0.15) is 0 Å². The average Bonchev–Trinajstić information content (AvgIpc) is 2.70. The summed E-state index contributed by atoms with van der Waals surface area (Å²) in [6.45, 7) is 2.12. The fourth-order valence-electron chi connectivity index (χ4n) is 2.94. The fraction of sp³-hybridized carbons (Fsp3) is 0.190. The van der Waals surface area contributed by atoms with E-state index in [4.69, 9.17) is 0 Å². The maximum Gasteiger partial charge on any atom is 0.252 e. The number of anilines is 1. The fourth-order valence-corrected chi connectivity index (χ4v) is 3.28. The van der Waals surface area contributed by atoms with Crippen LogP contribution in [0.3, 0.4) is 0 Å². The Morgan fingerprint density at radius 3 is 2.62 bits per heavy atom. The van der Waals surface area contributed by atoms with Gasteiger partial charge in [0.15, 0.2) is 0 Å². The molecule has 2 amide bonds. The van der Waals surface area contributed by atoms with Crippen LogP contribution in [0.25, 0.3) is 10.9 Å². The molecule has 0 saturated heterocycles. The van der Waals surface area contributed by atoms with Gasteiger partial charge in [0.1, 0.15) is 12.4 Å². The number of rotatable bonds is 6. The van der Waals surface area contributed by atoms with Gasteiger partial charge in [0.05, 0.1) is 16.8 Å². The normalized spacial score (nSPS) is 10.7. The van der Waals surface area contributed by atoms with Crippen LogP contribution in [0.15, 0.2) is 57.8 Å². The van der Waals surface area contributed by atoms with Gasteiger partial charge in [-0.15, -0.1) is 0 Å². The topological polar surface area (TPSA) is 80.2 Å². The van der Waals surface area contributed by atoms with Gasteiger partial charge >= 0.3 is 0 Å². The van der Waals surface area contributed by atoms with E-state index in [9.17, 15) is 18.8 Å². The van der Waals surface area contributed by atoms with Crippen molar-refractivity contribution in [2.75, 3.05) is 11.9 Å². The van der Waals surface area contributed by atoms with Gasteiger partial charge in [-0.25, -0.2) is 4.39 Å². The summed E-state index contributed by atoms with van der Waals surface area (Å²) < 4.78 is 15.8. The first-order chi connectivity index (χ1) is 13.9. The number of fused-ring (bicyclic) bond motifs is 1. The number of pyridine rings is 1. The van der Waals surface area contributed by atoms with E-state index in [1.165, 1.54) is 22.8 Å². The van der Waals surface area contributed by atoms with Gasteiger partial charge in [-0.05, 0) is 30.7 Å². The average molecular weight is 460 g/mol. The summed E-state index contributed by atoms with van der Waals surface area (Å²) in [6, 6.07) is 12.4. The number of nitrogens with one attached hydrogen (secondary N) is 2. The van der Waals surface area contributed by atoms with E-state index in [2.05, 4.69) is 26.6 Å². The molecule has 150 valence electrons. The van der Waals surface area contributed by atoms with E-state index in [1.807, 2.05) is 6.92 Å². The summed E-state index contributed by atoms with van der Waals surface area (Å²) in [5.41, 5.74) is 0.241. The molecule has 0 spiro atoms. The van der Waals surface area contributed by atoms with Crippen LogP contribution in [0.2, 0.25) is 0 Å².